The van der Waals surface area contributed by atoms with Gasteiger partial charge in [-0.05, 0) is 37.2 Å². The summed E-state index contributed by atoms with van der Waals surface area (Å²) in [6.45, 7) is 0.737. The van der Waals surface area contributed by atoms with E-state index >= 15 is 0 Å². The highest BCUT2D eigenvalue weighted by Gasteiger charge is 2.39. The largest absolute Gasteiger partial charge is 0.396 e. The van der Waals surface area contributed by atoms with Gasteiger partial charge >= 0.3 is 0 Å². The molecule has 0 bridgehead atoms. The molecule has 3 heterocycles. The van der Waals surface area contributed by atoms with Crippen molar-refractivity contribution in [3.05, 3.63) is 11.9 Å². The van der Waals surface area contributed by atoms with Crippen molar-refractivity contribution in [2.24, 2.45) is 5.73 Å². The van der Waals surface area contributed by atoms with Gasteiger partial charge in [-0.2, -0.15) is 16.9 Å². The second-order valence-electron chi connectivity index (χ2n) is 5.57. The molecule has 1 aromatic rings. The van der Waals surface area contributed by atoms with E-state index in [2.05, 4.69) is 5.10 Å². The first-order valence-electron chi connectivity index (χ1n) is 6.96. The van der Waals surface area contributed by atoms with Gasteiger partial charge in [0, 0.05) is 12.8 Å². The number of nitrogen functional groups attached to an aromatic ring is 1. The van der Waals surface area contributed by atoms with Crippen LogP contribution in [0.25, 0.3) is 0 Å². The second kappa shape index (κ2) is 5.29. The number of carbonyl (C=O) groups excluding carboxylic acids is 1. The van der Waals surface area contributed by atoms with Crippen molar-refractivity contribution in [2.75, 3.05) is 23.8 Å². The Hall–Kier alpha value is -1.21. The van der Waals surface area contributed by atoms with E-state index in [9.17, 15) is 4.79 Å². The standard InChI is InChI=1S/C13H20N4O2S/c14-10-8-17(16-11(10)12(15)18)9-1-4-19-13(7-9)2-5-20-6-3-13/h8-9H,1-7,14H2,(H2,15,18). The Bertz CT molecular complexity index is 505. The van der Waals surface area contributed by atoms with Crippen LogP contribution in [-0.4, -0.2) is 39.4 Å². The molecule has 4 N–H and O–H groups in total. The van der Waals surface area contributed by atoms with Gasteiger partial charge in [-0.1, -0.05) is 0 Å². The normalized spacial score (nSPS) is 25.7. The van der Waals surface area contributed by atoms with E-state index in [0.717, 1.165) is 43.8 Å². The second-order valence-corrected chi connectivity index (χ2v) is 6.79. The molecule has 0 aliphatic carbocycles. The quantitative estimate of drug-likeness (QED) is 0.854. The van der Waals surface area contributed by atoms with Gasteiger partial charge in [0.05, 0.1) is 17.3 Å². The summed E-state index contributed by atoms with van der Waals surface area (Å²) < 4.78 is 7.87. The first-order chi connectivity index (χ1) is 9.60. The molecule has 20 heavy (non-hydrogen) atoms. The average molecular weight is 296 g/mol. The summed E-state index contributed by atoms with van der Waals surface area (Å²) in [5, 5.41) is 4.27. The van der Waals surface area contributed by atoms with Crippen LogP contribution in [0.4, 0.5) is 5.69 Å². The summed E-state index contributed by atoms with van der Waals surface area (Å²) in [5.41, 5.74) is 11.6. The van der Waals surface area contributed by atoms with Crippen LogP contribution in [0.5, 0.6) is 0 Å². The number of hydrogen-bond donors (Lipinski definition) is 2. The van der Waals surface area contributed by atoms with Gasteiger partial charge in [-0.25, -0.2) is 0 Å². The van der Waals surface area contributed by atoms with Crippen molar-refractivity contribution < 1.29 is 9.53 Å². The van der Waals surface area contributed by atoms with Crippen molar-refractivity contribution in [1.82, 2.24) is 9.78 Å². The molecule has 0 aromatic carbocycles. The lowest BCUT2D eigenvalue weighted by atomic mass is 9.85. The van der Waals surface area contributed by atoms with E-state index in [0.29, 0.717) is 5.69 Å². The van der Waals surface area contributed by atoms with E-state index in [-0.39, 0.29) is 17.3 Å². The molecule has 1 unspecified atom stereocenters. The Morgan fingerprint density at radius 2 is 2.25 bits per heavy atom. The fourth-order valence-corrected chi connectivity index (χ4v) is 4.34. The Balaban J connectivity index is 1.79. The number of primary amides is 1. The van der Waals surface area contributed by atoms with Gasteiger partial charge in [0.15, 0.2) is 5.69 Å². The number of thioether (sulfide) groups is 1. The average Bonchev–Trinajstić information content (AvgIpc) is 2.82. The number of carbonyl (C=O) groups is 1. The minimum Gasteiger partial charge on any atom is -0.396 e. The third-order valence-corrected chi connectivity index (χ3v) is 5.22. The highest BCUT2D eigenvalue weighted by atomic mass is 32.2. The smallest absolute Gasteiger partial charge is 0.271 e. The van der Waals surface area contributed by atoms with E-state index in [1.165, 1.54) is 0 Å². The molecule has 1 atom stereocenters. The van der Waals surface area contributed by atoms with Crippen LogP contribution in [0.1, 0.15) is 42.2 Å². The van der Waals surface area contributed by atoms with Gasteiger partial charge in [0.1, 0.15) is 0 Å². The number of nitrogens with two attached hydrogens (primary N) is 2. The first kappa shape index (κ1) is 13.8. The lowest BCUT2D eigenvalue weighted by Crippen LogP contribution is -2.43. The molecule has 2 aliphatic heterocycles. The van der Waals surface area contributed by atoms with Crippen LogP contribution < -0.4 is 11.5 Å². The number of aromatic nitrogens is 2. The maximum Gasteiger partial charge on any atom is 0.271 e. The monoisotopic (exact) mass is 296 g/mol. The van der Waals surface area contributed by atoms with E-state index in [1.807, 2.05) is 11.8 Å². The zero-order valence-corrected chi connectivity index (χ0v) is 12.2. The van der Waals surface area contributed by atoms with Gasteiger partial charge in [-0.15, -0.1) is 0 Å². The molecule has 3 rings (SSSR count). The molecule has 2 aliphatic rings. The molecular weight excluding hydrogens is 276 g/mol. The lowest BCUT2D eigenvalue weighted by Gasteiger charge is -2.43. The van der Waals surface area contributed by atoms with Crippen LogP contribution in [0.3, 0.4) is 0 Å². The maximum atomic E-state index is 11.3. The van der Waals surface area contributed by atoms with Crippen molar-refractivity contribution in [2.45, 2.75) is 37.3 Å². The molecular formula is C13H20N4O2S. The highest BCUT2D eigenvalue weighted by Crippen LogP contribution is 2.41. The van der Waals surface area contributed by atoms with Crippen LogP contribution in [0.2, 0.25) is 0 Å². The molecule has 1 amide bonds. The van der Waals surface area contributed by atoms with Crippen molar-refractivity contribution in [1.29, 1.82) is 0 Å². The predicted octanol–water partition coefficient (Wildman–Crippen LogP) is 1.18. The van der Waals surface area contributed by atoms with Crippen molar-refractivity contribution >= 4 is 23.4 Å². The molecule has 1 spiro atoms. The molecule has 0 radical (unpaired) electrons. The number of ether oxygens (including phenoxy) is 1. The van der Waals surface area contributed by atoms with Gasteiger partial charge in [-0.3, -0.25) is 9.48 Å². The molecule has 2 saturated heterocycles. The van der Waals surface area contributed by atoms with Crippen LogP contribution in [0, 0.1) is 0 Å². The Kier molecular flexibility index (Phi) is 3.64. The number of hydrogen-bond acceptors (Lipinski definition) is 5. The van der Waals surface area contributed by atoms with Crippen LogP contribution in [0.15, 0.2) is 6.20 Å². The fraction of sp³-hybridized carbons (Fsp3) is 0.692. The van der Waals surface area contributed by atoms with Gasteiger partial charge in [0.25, 0.3) is 5.91 Å². The predicted molar refractivity (Wildman–Crippen MR) is 78.7 cm³/mol. The third kappa shape index (κ3) is 2.52. The summed E-state index contributed by atoms with van der Waals surface area (Å²) >= 11 is 1.99. The Labute approximate surface area is 122 Å². The number of nitrogens with zero attached hydrogens (tertiary/aromatic N) is 2. The summed E-state index contributed by atoms with van der Waals surface area (Å²) in [4.78, 5) is 11.3. The van der Waals surface area contributed by atoms with Crippen molar-refractivity contribution in [3.8, 4) is 0 Å². The number of anilines is 1. The Morgan fingerprint density at radius 1 is 1.50 bits per heavy atom. The minimum absolute atomic E-state index is 0.0121. The van der Waals surface area contributed by atoms with Crippen molar-refractivity contribution in [3.63, 3.8) is 0 Å². The molecule has 2 fully saturated rings. The van der Waals surface area contributed by atoms with E-state index < -0.39 is 5.91 Å². The molecule has 0 saturated carbocycles. The molecule has 7 heteroatoms. The van der Waals surface area contributed by atoms with Gasteiger partial charge in [0.2, 0.25) is 0 Å². The Morgan fingerprint density at radius 3 is 2.90 bits per heavy atom. The summed E-state index contributed by atoms with van der Waals surface area (Å²) in [6, 6.07) is 0.238. The third-order valence-electron chi connectivity index (χ3n) is 4.24. The number of amides is 1. The highest BCUT2D eigenvalue weighted by molar-refractivity contribution is 7.99. The number of rotatable bonds is 2. The summed E-state index contributed by atoms with van der Waals surface area (Å²) in [6.07, 6.45) is 5.74. The summed E-state index contributed by atoms with van der Waals surface area (Å²) in [7, 11) is 0. The molecule has 110 valence electrons. The minimum atomic E-state index is -0.572. The topological polar surface area (TPSA) is 96.2 Å². The van der Waals surface area contributed by atoms with E-state index in [1.54, 1.807) is 10.9 Å². The summed E-state index contributed by atoms with van der Waals surface area (Å²) in [5.74, 6) is 1.73. The van der Waals surface area contributed by atoms with Crippen LogP contribution >= 0.6 is 11.8 Å². The first-order valence-corrected chi connectivity index (χ1v) is 8.11. The van der Waals surface area contributed by atoms with E-state index in [4.69, 9.17) is 16.2 Å². The zero-order chi connectivity index (χ0) is 14.2. The SMILES string of the molecule is NC(=O)c1nn(C2CCOC3(CCSCC3)C2)cc1N. The van der Waals surface area contributed by atoms with Crippen LogP contribution in [-0.2, 0) is 4.74 Å². The zero-order valence-electron chi connectivity index (χ0n) is 11.4. The maximum absolute atomic E-state index is 11.3. The van der Waals surface area contributed by atoms with Gasteiger partial charge < -0.3 is 16.2 Å². The molecule has 1 aromatic heterocycles. The molecule has 6 nitrogen and oxygen atoms in total. The lowest BCUT2D eigenvalue weighted by molar-refractivity contribution is -0.100. The fourth-order valence-electron chi connectivity index (χ4n) is 3.10.